The van der Waals surface area contributed by atoms with Crippen molar-refractivity contribution in [1.82, 2.24) is 10.1 Å². The van der Waals surface area contributed by atoms with Crippen molar-refractivity contribution in [3.05, 3.63) is 54.3 Å². The van der Waals surface area contributed by atoms with Gasteiger partial charge >= 0.3 is 0 Å². The van der Waals surface area contributed by atoms with Crippen molar-refractivity contribution < 1.29 is 8.91 Å². The van der Waals surface area contributed by atoms with Crippen LogP contribution in [0.3, 0.4) is 0 Å². The first-order valence-electron chi connectivity index (χ1n) is 5.68. The lowest BCUT2D eigenvalue weighted by Crippen LogP contribution is -1.86. The fourth-order valence-electron chi connectivity index (χ4n) is 1.73. The number of anilines is 1. The second kappa shape index (κ2) is 4.53. The van der Waals surface area contributed by atoms with Crippen LogP contribution in [0.2, 0.25) is 0 Å². The molecule has 3 aromatic rings. The molecule has 0 aliphatic heterocycles. The molecular formula is C14H10FN3O. The molecule has 2 N–H and O–H groups in total. The summed E-state index contributed by atoms with van der Waals surface area (Å²) in [6, 6.07) is 13.1. The van der Waals surface area contributed by atoms with E-state index in [0.29, 0.717) is 23.0 Å². The lowest BCUT2D eigenvalue weighted by Gasteiger charge is -1.95. The quantitative estimate of drug-likeness (QED) is 0.714. The Morgan fingerprint density at radius 1 is 1.00 bits per heavy atom. The van der Waals surface area contributed by atoms with Gasteiger partial charge in [-0.1, -0.05) is 17.3 Å². The highest BCUT2D eigenvalue weighted by molar-refractivity contribution is 5.63. The highest BCUT2D eigenvalue weighted by Crippen LogP contribution is 2.23. The molecular weight excluding hydrogens is 245 g/mol. The molecule has 0 atom stereocenters. The maximum Gasteiger partial charge on any atom is 0.258 e. The fraction of sp³-hybridized carbons (Fsp3) is 0. The Balaban J connectivity index is 1.97. The Kier molecular flexibility index (Phi) is 2.72. The van der Waals surface area contributed by atoms with E-state index in [-0.39, 0.29) is 5.82 Å². The number of rotatable bonds is 2. The van der Waals surface area contributed by atoms with Crippen molar-refractivity contribution in [1.29, 1.82) is 0 Å². The molecule has 94 valence electrons. The van der Waals surface area contributed by atoms with Gasteiger partial charge in [-0.15, -0.1) is 0 Å². The molecule has 0 aliphatic carbocycles. The zero-order chi connectivity index (χ0) is 13.2. The zero-order valence-electron chi connectivity index (χ0n) is 9.88. The van der Waals surface area contributed by atoms with Crippen LogP contribution in [0, 0.1) is 5.82 Å². The van der Waals surface area contributed by atoms with Gasteiger partial charge < -0.3 is 10.3 Å². The maximum absolute atomic E-state index is 12.8. The Bertz CT molecular complexity index is 707. The Hall–Kier alpha value is -2.69. The van der Waals surface area contributed by atoms with Gasteiger partial charge in [0.25, 0.3) is 5.89 Å². The van der Waals surface area contributed by atoms with Crippen molar-refractivity contribution in [3.8, 4) is 22.8 Å². The third-order valence-electron chi connectivity index (χ3n) is 2.66. The van der Waals surface area contributed by atoms with Crippen LogP contribution in [0.15, 0.2) is 53.1 Å². The molecule has 0 radical (unpaired) electrons. The van der Waals surface area contributed by atoms with E-state index in [1.165, 1.54) is 12.1 Å². The monoisotopic (exact) mass is 255 g/mol. The summed E-state index contributed by atoms with van der Waals surface area (Å²) < 4.78 is 18.0. The van der Waals surface area contributed by atoms with Crippen molar-refractivity contribution in [2.45, 2.75) is 0 Å². The molecule has 5 heteroatoms. The summed E-state index contributed by atoms with van der Waals surface area (Å²) in [6.45, 7) is 0. The Morgan fingerprint density at radius 3 is 2.53 bits per heavy atom. The molecule has 0 fully saturated rings. The van der Waals surface area contributed by atoms with Crippen LogP contribution in [-0.2, 0) is 0 Å². The summed E-state index contributed by atoms with van der Waals surface area (Å²) in [5.41, 5.74) is 7.78. The van der Waals surface area contributed by atoms with Crippen molar-refractivity contribution in [3.63, 3.8) is 0 Å². The summed E-state index contributed by atoms with van der Waals surface area (Å²) in [5.74, 6) is 0.489. The molecule has 0 saturated carbocycles. The van der Waals surface area contributed by atoms with Gasteiger partial charge in [-0.05, 0) is 36.4 Å². The molecule has 0 amide bonds. The largest absolute Gasteiger partial charge is 0.399 e. The van der Waals surface area contributed by atoms with Crippen LogP contribution in [0.25, 0.3) is 22.8 Å². The van der Waals surface area contributed by atoms with Crippen LogP contribution < -0.4 is 5.73 Å². The first-order valence-corrected chi connectivity index (χ1v) is 5.68. The van der Waals surface area contributed by atoms with Crippen LogP contribution in [0.5, 0.6) is 0 Å². The molecule has 0 spiro atoms. The molecule has 2 aromatic carbocycles. The molecule has 1 aromatic heterocycles. The van der Waals surface area contributed by atoms with Gasteiger partial charge in [0, 0.05) is 16.8 Å². The number of halogens is 1. The van der Waals surface area contributed by atoms with Gasteiger partial charge in [0.15, 0.2) is 0 Å². The van der Waals surface area contributed by atoms with E-state index in [1.54, 1.807) is 24.3 Å². The molecule has 1 heterocycles. The number of benzene rings is 2. The van der Waals surface area contributed by atoms with Gasteiger partial charge in [-0.3, -0.25) is 0 Å². The summed E-state index contributed by atoms with van der Waals surface area (Å²) in [4.78, 5) is 4.27. The van der Waals surface area contributed by atoms with E-state index in [4.69, 9.17) is 10.3 Å². The van der Waals surface area contributed by atoms with Crippen molar-refractivity contribution >= 4 is 5.69 Å². The normalized spacial score (nSPS) is 10.6. The van der Waals surface area contributed by atoms with E-state index >= 15 is 0 Å². The highest BCUT2D eigenvalue weighted by Gasteiger charge is 2.10. The van der Waals surface area contributed by atoms with Gasteiger partial charge in [0.1, 0.15) is 5.82 Å². The minimum absolute atomic E-state index is 0.306. The van der Waals surface area contributed by atoms with Crippen LogP contribution in [0.4, 0.5) is 10.1 Å². The highest BCUT2D eigenvalue weighted by atomic mass is 19.1. The van der Waals surface area contributed by atoms with E-state index in [1.807, 2.05) is 12.1 Å². The Labute approximate surface area is 108 Å². The maximum atomic E-state index is 12.8. The summed E-state index contributed by atoms with van der Waals surface area (Å²) in [7, 11) is 0. The van der Waals surface area contributed by atoms with Crippen LogP contribution in [-0.4, -0.2) is 10.1 Å². The number of hydrogen-bond acceptors (Lipinski definition) is 4. The van der Waals surface area contributed by atoms with Gasteiger partial charge in [-0.2, -0.15) is 4.98 Å². The average molecular weight is 255 g/mol. The predicted molar refractivity (Wildman–Crippen MR) is 69.5 cm³/mol. The van der Waals surface area contributed by atoms with Crippen molar-refractivity contribution in [2.24, 2.45) is 0 Å². The SMILES string of the molecule is Nc1cccc(-c2noc(-c3ccc(F)cc3)n2)c1. The molecule has 0 saturated heterocycles. The Morgan fingerprint density at radius 2 is 1.79 bits per heavy atom. The van der Waals surface area contributed by atoms with E-state index in [2.05, 4.69) is 10.1 Å². The zero-order valence-corrected chi connectivity index (χ0v) is 9.88. The van der Waals surface area contributed by atoms with Gasteiger partial charge in [-0.25, -0.2) is 4.39 Å². The first-order chi connectivity index (χ1) is 9.22. The third kappa shape index (κ3) is 2.30. The molecule has 0 aliphatic rings. The smallest absolute Gasteiger partial charge is 0.258 e. The van der Waals surface area contributed by atoms with E-state index in [9.17, 15) is 4.39 Å². The third-order valence-corrected chi connectivity index (χ3v) is 2.66. The number of hydrogen-bond donors (Lipinski definition) is 1. The number of aromatic nitrogens is 2. The average Bonchev–Trinajstić information content (AvgIpc) is 2.89. The molecule has 4 nitrogen and oxygen atoms in total. The van der Waals surface area contributed by atoms with Crippen LogP contribution in [0.1, 0.15) is 0 Å². The standard InChI is InChI=1S/C14H10FN3O/c15-11-6-4-9(5-7-11)14-17-13(18-19-14)10-2-1-3-12(16)8-10/h1-8H,16H2. The molecule has 19 heavy (non-hydrogen) atoms. The minimum atomic E-state index is -0.306. The van der Waals surface area contributed by atoms with E-state index < -0.39 is 0 Å². The first kappa shape index (κ1) is 11.4. The topological polar surface area (TPSA) is 64.9 Å². The molecule has 3 rings (SSSR count). The van der Waals surface area contributed by atoms with Gasteiger partial charge in [0.2, 0.25) is 5.82 Å². The van der Waals surface area contributed by atoms with E-state index in [0.717, 1.165) is 5.56 Å². The second-order valence-corrected chi connectivity index (χ2v) is 4.06. The van der Waals surface area contributed by atoms with Crippen LogP contribution >= 0.6 is 0 Å². The lowest BCUT2D eigenvalue weighted by molar-refractivity contribution is 0.432. The summed E-state index contributed by atoms with van der Waals surface area (Å²) in [5, 5.41) is 3.89. The number of nitrogens with zero attached hydrogens (tertiary/aromatic N) is 2. The lowest BCUT2D eigenvalue weighted by atomic mass is 10.2. The number of nitrogen functional groups attached to an aromatic ring is 1. The molecule has 0 unspecified atom stereocenters. The summed E-state index contributed by atoms with van der Waals surface area (Å²) >= 11 is 0. The fourth-order valence-corrected chi connectivity index (χ4v) is 1.73. The number of nitrogens with two attached hydrogens (primary N) is 1. The minimum Gasteiger partial charge on any atom is -0.399 e. The second-order valence-electron chi connectivity index (χ2n) is 4.06. The van der Waals surface area contributed by atoms with Crippen molar-refractivity contribution in [2.75, 3.05) is 5.73 Å². The molecule has 0 bridgehead atoms. The summed E-state index contributed by atoms with van der Waals surface area (Å²) in [6.07, 6.45) is 0. The predicted octanol–water partition coefficient (Wildman–Crippen LogP) is 3.12. The van der Waals surface area contributed by atoms with Gasteiger partial charge in [0.05, 0.1) is 0 Å².